The number of sulfonamides is 1. The number of hydrogen-bond donors (Lipinski definition) is 2. The Bertz CT molecular complexity index is 600. The van der Waals surface area contributed by atoms with Crippen LogP contribution in [-0.4, -0.2) is 20.1 Å². The summed E-state index contributed by atoms with van der Waals surface area (Å²) in [5.41, 5.74) is -0.124. The molecule has 1 aromatic carbocycles. The van der Waals surface area contributed by atoms with Crippen LogP contribution in [0.1, 0.15) is 37.7 Å². The average Bonchev–Trinajstić information content (AvgIpc) is 2.48. The van der Waals surface area contributed by atoms with Crippen LogP contribution in [-0.2, 0) is 16.6 Å². The Kier molecular flexibility index (Phi) is 5.60. The minimum atomic E-state index is -3.97. The van der Waals surface area contributed by atoms with Gasteiger partial charge in [-0.1, -0.05) is 30.9 Å². The Morgan fingerprint density at radius 2 is 1.95 bits per heavy atom. The van der Waals surface area contributed by atoms with Crippen molar-refractivity contribution < 1.29 is 17.9 Å². The lowest BCUT2D eigenvalue weighted by atomic mass is 9.90. The van der Waals surface area contributed by atoms with E-state index in [2.05, 4.69) is 4.72 Å². The third-order valence-electron chi connectivity index (χ3n) is 3.83. The standard InChI is InChI=1S/C14H19ClFNO3S/c15-12-6-11(9-18)14(16)13(7-12)21(19,20)17-8-10-4-2-1-3-5-10/h6-7,10,17-18H,1-5,8-9H2. The minimum Gasteiger partial charge on any atom is -0.392 e. The van der Waals surface area contributed by atoms with Crippen molar-refractivity contribution in [3.63, 3.8) is 0 Å². The third-order valence-corrected chi connectivity index (χ3v) is 5.47. The first-order valence-electron chi connectivity index (χ1n) is 7.02. The topological polar surface area (TPSA) is 66.4 Å². The van der Waals surface area contributed by atoms with E-state index in [0.717, 1.165) is 31.7 Å². The molecular formula is C14H19ClFNO3S. The highest BCUT2D eigenvalue weighted by Gasteiger charge is 2.24. The van der Waals surface area contributed by atoms with Gasteiger partial charge in [-0.25, -0.2) is 17.5 Å². The van der Waals surface area contributed by atoms with E-state index in [9.17, 15) is 12.8 Å². The second-order valence-electron chi connectivity index (χ2n) is 5.39. The Hall–Kier alpha value is -0.690. The lowest BCUT2D eigenvalue weighted by Crippen LogP contribution is -2.31. The minimum absolute atomic E-state index is 0.0819. The van der Waals surface area contributed by atoms with E-state index in [0.29, 0.717) is 12.5 Å². The zero-order chi connectivity index (χ0) is 15.5. The van der Waals surface area contributed by atoms with Crippen LogP contribution in [0.25, 0.3) is 0 Å². The molecule has 1 aliphatic carbocycles. The largest absolute Gasteiger partial charge is 0.392 e. The molecule has 2 rings (SSSR count). The summed E-state index contributed by atoms with van der Waals surface area (Å²) in [5, 5.41) is 9.13. The fourth-order valence-corrected chi connectivity index (χ4v) is 4.19. The van der Waals surface area contributed by atoms with Gasteiger partial charge in [0.15, 0.2) is 0 Å². The molecule has 1 aromatic rings. The van der Waals surface area contributed by atoms with Crippen LogP contribution in [0.3, 0.4) is 0 Å². The predicted octanol–water partition coefficient (Wildman–Crippen LogP) is 2.83. The van der Waals surface area contributed by atoms with Gasteiger partial charge in [0.05, 0.1) is 6.61 Å². The highest BCUT2D eigenvalue weighted by atomic mass is 35.5. The number of aliphatic hydroxyl groups is 1. The monoisotopic (exact) mass is 335 g/mol. The van der Waals surface area contributed by atoms with Crippen LogP contribution in [0, 0.1) is 11.7 Å². The molecule has 7 heteroatoms. The first-order chi connectivity index (χ1) is 9.94. The van der Waals surface area contributed by atoms with Crippen molar-refractivity contribution in [2.75, 3.05) is 6.54 Å². The normalized spacial score (nSPS) is 17.1. The molecule has 2 N–H and O–H groups in total. The first kappa shape index (κ1) is 16.7. The van der Waals surface area contributed by atoms with Crippen LogP contribution in [0.5, 0.6) is 0 Å². The van der Waals surface area contributed by atoms with Crippen molar-refractivity contribution in [2.45, 2.75) is 43.6 Å². The van der Waals surface area contributed by atoms with Gasteiger partial charge in [-0.2, -0.15) is 0 Å². The second kappa shape index (κ2) is 7.05. The van der Waals surface area contributed by atoms with E-state index in [1.54, 1.807) is 0 Å². The summed E-state index contributed by atoms with van der Waals surface area (Å²) in [5.74, 6) is -0.647. The fraction of sp³-hybridized carbons (Fsp3) is 0.571. The molecule has 0 radical (unpaired) electrons. The summed E-state index contributed by atoms with van der Waals surface area (Å²) in [4.78, 5) is -0.505. The van der Waals surface area contributed by atoms with E-state index in [1.165, 1.54) is 12.5 Å². The van der Waals surface area contributed by atoms with Gasteiger partial charge in [-0.05, 0) is 30.9 Å². The van der Waals surface area contributed by atoms with Crippen molar-refractivity contribution in [2.24, 2.45) is 5.92 Å². The maximum atomic E-state index is 14.1. The van der Waals surface area contributed by atoms with Gasteiger partial charge < -0.3 is 5.11 Å². The summed E-state index contributed by atoms with van der Waals surface area (Å²) >= 11 is 5.79. The Morgan fingerprint density at radius 1 is 1.29 bits per heavy atom. The molecule has 0 heterocycles. The lowest BCUT2D eigenvalue weighted by Gasteiger charge is -2.21. The van der Waals surface area contributed by atoms with Crippen LogP contribution < -0.4 is 4.72 Å². The molecule has 1 aliphatic rings. The lowest BCUT2D eigenvalue weighted by molar-refractivity contribution is 0.274. The summed E-state index contributed by atoms with van der Waals surface area (Å²) in [6.45, 7) is -0.291. The number of benzene rings is 1. The molecule has 0 atom stereocenters. The van der Waals surface area contributed by atoms with E-state index >= 15 is 0 Å². The molecule has 0 bridgehead atoms. The number of hydrogen-bond acceptors (Lipinski definition) is 3. The number of nitrogens with one attached hydrogen (secondary N) is 1. The van der Waals surface area contributed by atoms with Crippen molar-refractivity contribution >= 4 is 21.6 Å². The van der Waals surface area contributed by atoms with Gasteiger partial charge in [-0.15, -0.1) is 0 Å². The van der Waals surface area contributed by atoms with Gasteiger partial charge in [-0.3, -0.25) is 0 Å². The zero-order valence-corrected chi connectivity index (χ0v) is 13.2. The maximum absolute atomic E-state index is 14.1. The van der Waals surface area contributed by atoms with E-state index in [1.807, 2.05) is 0 Å². The molecule has 118 valence electrons. The zero-order valence-electron chi connectivity index (χ0n) is 11.6. The van der Waals surface area contributed by atoms with Gasteiger partial charge in [0.25, 0.3) is 0 Å². The van der Waals surface area contributed by atoms with Crippen LogP contribution in [0.15, 0.2) is 17.0 Å². The van der Waals surface area contributed by atoms with Crippen LogP contribution >= 0.6 is 11.6 Å². The molecule has 21 heavy (non-hydrogen) atoms. The molecule has 0 spiro atoms. The number of halogens is 2. The molecule has 4 nitrogen and oxygen atoms in total. The smallest absolute Gasteiger partial charge is 0.243 e. The predicted molar refractivity (Wildman–Crippen MR) is 79.1 cm³/mol. The summed E-state index contributed by atoms with van der Waals surface area (Å²) in [7, 11) is -3.97. The fourth-order valence-electron chi connectivity index (χ4n) is 2.63. The van der Waals surface area contributed by atoms with E-state index < -0.39 is 27.3 Å². The van der Waals surface area contributed by atoms with Crippen LogP contribution in [0.2, 0.25) is 5.02 Å². The van der Waals surface area contributed by atoms with Crippen molar-refractivity contribution in [3.05, 3.63) is 28.5 Å². The molecule has 1 fully saturated rings. The quantitative estimate of drug-likeness (QED) is 0.869. The Labute approximate surface area is 129 Å². The maximum Gasteiger partial charge on any atom is 0.243 e. The van der Waals surface area contributed by atoms with Gasteiger partial charge in [0.2, 0.25) is 10.0 Å². The molecular weight excluding hydrogens is 317 g/mol. The van der Waals surface area contributed by atoms with Gasteiger partial charge in [0, 0.05) is 17.1 Å². The van der Waals surface area contributed by atoms with Crippen LogP contribution in [0.4, 0.5) is 4.39 Å². The number of rotatable bonds is 5. The van der Waals surface area contributed by atoms with Crippen molar-refractivity contribution in [1.29, 1.82) is 0 Å². The average molecular weight is 336 g/mol. The molecule has 0 aromatic heterocycles. The summed E-state index contributed by atoms with van der Waals surface area (Å²) in [6.07, 6.45) is 5.37. The Morgan fingerprint density at radius 3 is 2.57 bits per heavy atom. The third kappa shape index (κ3) is 4.16. The van der Waals surface area contributed by atoms with E-state index in [-0.39, 0.29) is 10.6 Å². The Balaban J connectivity index is 2.17. The van der Waals surface area contributed by atoms with Gasteiger partial charge in [0.1, 0.15) is 10.7 Å². The highest BCUT2D eigenvalue weighted by molar-refractivity contribution is 7.89. The SMILES string of the molecule is O=S(=O)(NCC1CCCCC1)c1cc(Cl)cc(CO)c1F. The number of aliphatic hydroxyl groups excluding tert-OH is 1. The van der Waals surface area contributed by atoms with Crippen molar-refractivity contribution in [3.8, 4) is 0 Å². The summed E-state index contributed by atoms with van der Waals surface area (Å²) in [6, 6.07) is 2.29. The molecule has 0 saturated heterocycles. The molecule has 1 saturated carbocycles. The van der Waals surface area contributed by atoms with Crippen molar-refractivity contribution in [1.82, 2.24) is 4.72 Å². The molecule has 0 amide bonds. The molecule has 0 unspecified atom stereocenters. The van der Waals surface area contributed by atoms with E-state index in [4.69, 9.17) is 16.7 Å². The summed E-state index contributed by atoms with van der Waals surface area (Å²) < 4.78 is 41.0. The second-order valence-corrected chi connectivity index (χ2v) is 7.56. The highest BCUT2D eigenvalue weighted by Crippen LogP contribution is 2.26. The van der Waals surface area contributed by atoms with Gasteiger partial charge >= 0.3 is 0 Å². The first-order valence-corrected chi connectivity index (χ1v) is 8.88. The molecule has 0 aliphatic heterocycles.